The molecule has 1 fully saturated rings. The quantitative estimate of drug-likeness (QED) is 0.724. The number of carboxylic acids is 1. The lowest BCUT2D eigenvalue weighted by Gasteiger charge is -2.21. The van der Waals surface area contributed by atoms with Crippen LogP contribution in [-0.4, -0.2) is 54.2 Å². The molecule has 7 heteroatoms. The van der Waals surface area contributed by atoms with Gasteiger partial charge in [0.05, 0.1) is 11.8 Å². The van der Waals surface area contributed by atoms with Crippen molar-refractivity contribution in [1.82, 2.24) is 10.2 Å². The van der Waals surface area contributed by atoms with E-state index in [1.165, 1.54) is 0 Å². The molecule has 1 heterocycles. The molecular formula is C25H28N2O5. The molecule has 32 heavy (non-hydrogen) atoms. The summed E-state index contributed by atoms with van der Waals surface area (Å²) in [6.45, 7) is 4.55. The number of aliphatic carboxylic acids is 1. The van der Waals surface area contributed by atoms with Crippen LogP contribution in [0, 0.1) is 17.8 Å². The number of alkyl carbamates (subject to hydrolysis) is 1. The number of amides is 2. The van der Waals surface area contributed by atoms with Gasteiger partial charge in [0, 0.05) is 25.6 Å². The van der Waals surface area contributed by atoms with E-state index in [9.17, 15) is 19.5 Å². The molecule has 1 saturated heterocycles. The zero-order valence-corrected chi connectivity index (χ0v) is 18.3. The van der Waals surface area contributed by atoms with Crippen LogP contribution in [0.25, 0.3) is 11.1 Å². The maximum atomic E-state index is 12.7. The van der Waals surface area contributed by atoms with E-state index in [1.807, 2.05) is 31.2 Å². The van der Waals surface area contributed by atoms with Gasteiger partial charge in [-0.25, -0.2) is 4.79 Å². The Labute approximate surface area is 187 Å². The summed E-state index contributed by atoms with van der Waals surface area (Å²) in [6, 6.07) is 16.3. The van der Waals surface area contributed by atoms with Crippen molar-refractivity contribution in [2.75, 3.05) is 26.2 Å². The number of likely N-dealkylation sites (tertiary alicyclic amines) is 1. The number of fused-ring (bicyclic) bond motifs is 3. The minimum Gasteiger partial charge on any atom is -0.481 e. The predicted octanol–water partition coefficient (Wildman–Crippen LogP) is 3.34. The second kappa shape index (κ2) is 9.02. The van der Waals surface area contributed by atoms with Crippen molar-refractivity contribution in [2.24, 2.45) is 17.8 Å². The zero-order chi connectivity index (χ0) is 22.8. The Morgan fingerprint density at radius 3 is 2.22 bits per heavy atom. The fourth-order valence-corrected chi connectivity index (χ4v) is 4.75. The molecule has 0 bridgehead atoms. The van der Waals surface area contributed by atoms with E-state index in [0.29, 0.717) is 6.54 Å². The van der Waals surface area contributed by atoms with Crippen LogP contribution in [0.4, 0.5) is 4.79 Å². The van der Waals surface area contributed by atoms with E-state index in [-0.39, 0.29) is 37.4 Å². The van der Waals surface area contributed by atoms with Gasteiger partial charge in [-0.1, -0.05) is 62.4 Å². The van der Waals surface area contributed by atoms with Crippen LogP contribution in [0.2, 0.25) is 0 Å². The molecule has 0 radical (unpaired) electrons. The molecule has 4 rings (SSSR count). The monoisotopic (exact) mass is 436 g/mol. The highest BCUT2D eigenvalue weighted by atomic mass is 16.5. The Morgan fingerprint density at radius 2 is 1.66 bits per heavy atom. The molecule has 3 atom stereocenters. The molecule has 168 valence electrons. The first-order valence-corrected chi connectivity index (χ1v) is 11.0. The number of carbonyl (C=O) groups excluding carboxylic acids is 2. The summed E-state index contributed by atoms with van der Waals surface area (Å²) >= 11 is 0. The van der Waals surface area contributed by atoms with Gasteiger partial charge in [0.15, 0.2) is 0 Å². The van der Waals surface area contributed by atoms with Gasteiger partial charge in [0.25, 0.3) is 0 Å². The molecule has 1 aliphatic heterocycles. The van der Waals surface area contributed by atoms with Gasteiger partial charge in [-0.15, -0.1) is 0 Å². The molecule has 1 unspecified atom stereocenters. The summed E-state index contributed by atoms with van der Waals surface area (Å²) in [7, 11) is 0. The Kier molecular flexibility index (Phi) is 6.17. The molecule has 2 amide bonds. The third-order valence-electron chi connectivity index (χ3n) is 6.56. The molecule has 0 aromatic heterocycles. The molecule has 2 N–H and O–H groups in total. The normalized spacial score (nSPS) is 20.4. The zero-order valence-electron chi connectivity index (χ0n) is 18.3. The number of ether oxygens (including phenoxy) is 1. The van der Waals surface area contributed by atoms with Gasteiger partial charge in [-0.3, -0.25) is 9.59 Å². The highest BCUT2D eigenvalue weighted by Crippen LogP contribution is 2.44. The van der Waals surface area contributed by atoms with Crippen LogP contribution in [0.3, 0.4) is 0 Å². The summed E-state index contributed by atoms with van der Waals surface area (Å²) in [4.78, 5) is 37.8. The number of carbonyl (C=O) groups is 3. The highest BCUT2D eigenvalue weighted by Gasteiger charge is 2.38. The van der Waals surface area contributed by atoms with Crippen molar-refractivity contribution in [2.45, 2.75) is 19.8 Å². The van der Waals surface area contributed by atoms with Crippen molar-refractivity contribution >= 4 is 18.0 Å². The average Bonchev–Trinajstić information content (AvgIpc) is 3.34. The Morgan fingerprint density at radius 1 is 1.06 bits per heavy atom. The van der Waals surface area contributed by atoms with Crippen LogP contribution in [0.15, 0.2) is 48.5 Å². The van der Waals surface area contributed by atoms with Crippen molar-refractivity contribution < 1.29 is 24.2 Å². The molecule has 7 nitrogen and oxygen atoms in total. The smallest absolute Gasteiger partial charge is 0.407 e. The lowest BCUT2D eigenvalue weighted by Crippen LogP contribution is -2.40. The van der Waals surface area contributed by atoms with Crippen LogP contribution in [0.1, 0.15) is 30.9 Å². The number of hydrogen-bond acceptors (Lipinski definition) is 4. The van der Waals surface area contributed by atoms with Gasteiger partial charge < -0.3 is 20.1 Å². The third-order valence-corrected chi connectivity index (χ3v) is 6.56. The van der Waals surface area contributed by atoms with E-state index >= 15 is 0 Å². The molecular weight excluding hydrogens is 408 g/mol. The van der Waals surface area contributed by atoms with Gasteiger partial charge in [0.2, 0.25) is 5.91 Å². The molecule has 2 aromatic carbocycles. The van der Waals surface area contributed by atoms with Crippen LogP contribution in [0.5, 0.6) is 0 Å². The minimum absolute atomic E-state index is 0.0220. The first-order chi connectivity index (χ1) is 15.4. The fraction of sp³-hybridized carbons (Fsp3) is 0.400. The lowest BCUT2D eigenvalue weighted by molar-refractivity contribution is -0.142. The second-order valence-electron chi connectivity index (χ2n) is 8.77. The van der Waals surface area contributed by atoms with Crippen molar-refractivity contribution in [3.05, 3.63) is 59.7 Å². The molecule has 2 aliphatic rings. The van der Waals surface area contributed by atoms with Crippen molar-refractivity contribution in [3.8, 4) is 11.1 Å². The number of carboxylic acid groups (broad SMARTS) is 1. The Bertz CT molecular complexity index is 991. The van der Waals surface area contributed by atoms with Crippen LogP contribution >= 0.6 is 0 Å². The first-order valence-electron chi connectivity index (χ1n) is 11.0. The van der Waals surface area contributed by atoms with E-state index in [0.717, 1.165) is 22.3 Å². The van der Waals surface area contributed by atoms with E-state index in [1.54, 1.807) is 11.8 Å². The number of nitrogens with one attached hydrogen (secondary N) is 1. The van der Waals surface area contributed by atoms with Crippen molar-refractivity contribution in [3.63, 3.8) is 0 Å². The molecule has 1 aliphatic carbocycles. The van der Waals surface area contributed by atoms with Gasteiger partial charge >= 0.3 is 12.1 Å². The van der Waals surface area contributed by atoms with Crippen molar-refractivity contribution in [1.29, 1.82) is 0 Å². The average molecular weight is 437 g/mol. The fourth-order valence-electron chi connectivity index (χ4n) is 4.75. The topological polar surface area (TPSA) is 95.9 Å². The van der Waals surface area contributed by atoms with Gasteiger partial charge in [-0.2, -0.15) is 0 Å². The Balaban J connectivity index is 1.30. The summed E-state index contributed by atoms with van der Waals surface area (Å²) in [6.07, 6.45) is -0.565. The van der Waals surface area contributed by atoms with E-state index < -0.39 is 23.9 Å². The molecule has 0 saturated carbocycles. The van der Waals surface area contributed by atoms with E-state index in [2.05, 4.69) is 29.6 Å². The SMILES string of the molecule is CC(CNC(=O)OCC1c2ccccc2-c2ccccc21)C(=O)N1C[C@@H](C)[C@H](C(=O)O)C1. The number of hydrogen-bond donors (Lipinski definition) is 2. The summed E-state index contributed by atoms with van der Waals surface area (Å²) in [5, 5.41) is 11.9. The predicted molar refractivity (Wildman–Crippen MR) is 119 cm³/mol. The summed E-state index contributed by atoms with van der Waals surface area (Å²) < 4.78 is 5.51. The third kappa shape index (κ3) is 4.20. The van der Waals surface area contributed by atoms with Crippen LogP contribution < -0.4 is 5.32 Å². The second-order valence-corrected chi connectivity index (χ2v) is 8.77. The summed E-state index contributed by atoms with van der Waals surface area (Å²) in [5.74, 6) is -2.14. The van der Waals surface area contributed by atoms with Crippen LogP contribution in [-0.2, 0) is 14.3 Å². The molecule has 2 aromatic rings. The Hall–Kier alpha value is -3.35. The maximum Gasteiger partial charge on any atom is 0.407 e. The standard InChI is InChI=1S/C25H28N2O5/c1-15(23(28)27-12-16(2)21(13-27)24(29)30)11-26-25(31)32-14-22-19-9-5-3-7-17(19)18-8-4-6-10-20(18)22/h3-10,15-16,21-22H,11-14H2,1-2H3,(H,26,31)(H,29,30)/t15?,16-,21-/m1/s1. The lowest BCUT2D eigenvalue weighted by atomic mass is 9.98. The largest absolute Gasteiger partial charge is 0.481 e. The first kappa shape index (κ1) is 21.9. The minimum atomic E-state index is -0.878. The number of benzene rings is 2. The van der Waals surface area contributed by atoms with Gasteiger partial charge in [0.1, 0.15) is 6.61 Å². The van der Waals surface area contributed by atoms with Gasteiger partial charge in [-0.05, 0) is 28.2 Å². The molecule has 0 spiro atoms. The number of rotatable bonds is 6. The summed E-state index contributed by atoms with van der Waals surface area (Å²) in [5.41, 5.74) is 4.61. The van der Waals surface area contributed by atoms with E-state index in [4.69, 9.17) is 4.74 Å². The maximum absolute atomic E-state index is 12.7. The highest BCUT2D eigenvalue weighted by molar-refractivity contribution is 5.82. The number of nitrogens with zero attached hydrogens (tertiary/aromatic N) is 1.